The van der Waals surface area contributed by atoms with E-state index in [0.29, 0.717) is 12.3 Å². The van der Waals surface area contributed by atoms with E-state index in [0.717, 1.165) is 31.4 Å². The van der Waals surface area contributed by atoms with Crippen LogP contribution in [0.2, 0.25) is 0 Å². The van der Waals surface area contributed by atoms with Crippen LogP contribution in [0.4, 0.5) is 5.69 Å². The zero-order valence-electron chi connectivity index (χ0n) is 14.9. The van der Waals surface area contributed by atoms with Crippen molar-refractivity contribution in [1.82, 2.24) is 10.3 Å². The fourth-order valence-corrected chi connectivity index (χ4v) is 4.12. The highest BCUT2D eigenvalue weighted by atomic mass is 16.2. The van der Waals surface area contributed by atoms with Crippen molar-refractivity contribution in [3.63, 3.8) is 0 Å². The average Bonchev–Trinajstić information content (AvgIpc) is 2.64. The van der Waals surface area contributed by atoms with Gasteiger partial charge in [-0.2, -0.15) is 0 Å². The Bertz CT molecular complexity index is 562. The topological polar surface area (TPSA) is 71.1 Å². The molecule has 2 aliphatic carbocycles. The summed E-state index contributed by atoms with van der Waals surface area (Å²) >= 11 is 0. The minimum atomic E-state index is 0.0414. The van der Waals surface area contributed by atoms with Crippen molar-refractivity contribution < 1.29 is 9.59 Å². The molecule has 3 rings (SSSR count). The van der Waals surface area contributed by atoms with E-state index in [1.165, 1.54) is 32.1 Å². The monoisotopic (exact) mass is 343 g/mol. The van der Waals surface area contributed by atoms with Crippen LogP contribution >= 0.6 is 0 Å². The number of hydrogen-bond donors (Lipinski definition) is 2. The lowest BCUT2D eigenvalue weighted by atomic mass is 9.84. The predicted molar refractivity (Wildman–Crippen MR) is 97.9 cm³/mol. The van der Waals surface area contributed by atoms with Gasteiger partial charge in [0.05, 0.1) is 0 Å². The van der Waals surface area contributed by atoms with Gasteiger partial charge in [0, 0.05) is 36.5 Å². The lowest BCUT2D eigenvalue weighted by molar-refractivity contribution is -0.123. The molecule has 2 fully saturated rings. The minimum absolute atomic E-state index is 0.0414. The van der Waals surface area contributed by atoms with Crippen LogP contribution in [0.5, 0.6) is 0 Å². The summed E-state index contributed by atoms with van der Waals surface area (Å²) in [5.74, 6) is 0.908. The molecule has 0 spiro atoms. The quantitative estimate of drug-likeness (QED) is 0.857. The van der Waals surface area contributed by atoms with E-state index in [1.807, 2.05) is 0 Å². The van der Waals surface area contributed by atoms with Crippen LogP contribution in [0.1, 0.15) is 64.2 Å². The highest BCUT2D eigenvalue weighted by Crippen LogP contribution is 2.28. The second-order valence-corrected chi connectivity index (χ2v) is 7.55. The molecule has 0 aliphatic heterocycles. The van der Waals surface area contributed by atoms with E-state index in [9.17, 15) is 9.59 Å². The number of aromatic nitrogens is 1. The van der Waals surface area contributed by atoms with Crippen LogP contribution in [0.3, 0.4) is 0 Å². The Kier molecular flexibility index (Phi) is 6.42. The van der Waals surface area contributed by atoms with Crippen LogP contribution in [0.25, 0.3) is 0 Å². The Morgan fingerprint density at radius 1 is 0.960 bits per heavy atom. The second-order valence-electron chi connectivity index (χ2n) is 7.55. The number of nitrogens with one attached hydrogen (secondary N) is 2. The van der Waals surface area contributed by atoms with Gasteiger partial charge in [-0.15, -0.1) is 0 Å². The van der Waals surface area contributed by atoms with Crippen LogP contribution < -0.4 is 10.6 Å². The van der Waals surface area contributed by atoms with Crippen molar-refractivity contribution in [1.29, 1.82) is 0 Å². The van der Waals surface area contributed by atoms with Crippen LogP contribution in [-0.4, -0.2) is 22.8 Å². The Hall–Kier alpha value is -1.91. The van der Waals surface area contributed by atoms with Crippen LogP contribution in [0.15, 0.2) is 24.5 Å². The van der Waals surface area contributed by atoms with Gasteiger partial charge in [-0.1, -0.05) is 19.3 Å². The summed E-state index contributed by atoms with van der Waals surface area (Å²) in [6, 6.07) is 3.84. The van der Waals surface area contributed by atoms with Crippen molar-refractivity contribution in [2.45, 2.75) is 70.3 Å². The maximum Gasteiger partial charge on any atom is 0.227 e. The van der Waals surface area contributed by atoms with Gasteiger partial charge in [0.15, 0.2) is 0 Å². The number of rotatable bonds is 5. The molecule has 1 aromatic heterocycles. The van der Waals surface area contributed by atoms with E-state index in [-0.39, 0.29) is 23.8 Å². The summed E-state index contributed by atoms with van der Waals surface area (Å²) in [5, 5.41) is 6.15. The molecular formula is C20H29N3O2. The Labute approximate surface area is 150 Å². The Balaban J connectivity index is 1.37. The Morgan fingerprint density at radius 3 is 2.32 bits per heavy atom. The molecule has 0 saturated heterocycles. The molecule has 0 radical (unpaired) electrons. The van der Waals surface area contributed by atoms with Crippen molar-refractivity contribution in [2.24, 2.45) is 11.8 Å². The molecule has 136 valence electrons. The van der Waals surface area contributed by atoms with E-state index >= 15 is 0 Å². The fourth-order valence-electron chi connectivity index (χ4n) is 4.12. The van der Waals surface area contributed by atoms with Crippen molar-refractivity contribution in [2.75, 3.05) is 5.32 Å². The highest BCUT2D eigenvalue weighted by molar-refractivity contribution is 5.92. The van der Waals surface area contributed by atoms with Gasteiger partial charge in [-0.05, 0) is 56.6 Å². The second kappa shape index (κ2) is 8.97. The molecule has 0 atom stereocenters. The van der Waals surface area contributed by atoms with Gasteiger partial charge in [0.2, 0.25) is 11.8 Å². The summed E-state index contributed by atoms with van der Waals surface area (Å²) < 4.78 is 0. The van der Waals surface area contributed by atoms with Gasteiger partial charge < -0.3 is 10.6 Å². The highest BCUT2D eigenvalue weighted by Gasteiger charge is 2.27. The largest absolute Gasteiger partial charge is 0.353 e. The normalized spacial score (nSPS) is 24.5. The molecule has 2 aliphatic rings. The van der Waals surface area contributed by atoms with E-state index in [2.05, 4.69) is 15.6 Å². The number of amides is 2. The van der Waals surface area contributed by atoms with Gasteiger partial charge in [-0.25, -0.2) is 0 Å². The predicted octanol–water partition coefficient (Wildman–Crippen LogP) is 3.67. The molecule has 25 heavy (non-hydrogen) atoms. The zero-order valence-corrected chi connectivity index (χ0v) is 14.9. The first-order valence-electron chi connectivity index (χ1n) is 9.71. The van der Waals surface area contributed by atoms with E-state index in [1.54, 1.807) is 24.5 Å². The molecule has 5 heteroatoms. The molecule has 1 aromatic rings. The lowest BCUT2D eigenvalue weighted by Crippen LogP contribution is -2.40. The summed E-state index contributed by atoms with van der Waals surface area (Å²) in [6.45, 7) is 0. The standard InChI is InChI=1S/C20H29N3O2/c24-19(14-15-4-2-1-3-5-15)22-17-8-6-16(7-9-17)20(25)23-18-10-12-21-13-11-18/h10-13,15-17H,1-9,14H2,(H,22,24)(H,21,23,25). The van der Waals surface area contributed by atoms with Gasteiger partial charge in [0.25, 0.3) is 0 Å². The first-order valence-corrected chi connectivity index (χ1v) is 9.71. The molecule has 0 aromatic carbocycles. The van der Waals surface area contributed by atoms with Gasteiger partial charge in [-0.3, -0.25) is 14.6 Å². The maximum absolute atomic E-state index is 12.3. The minimum Gasteiger partial charge on any atom is -0.353 e. The number of pyridine rings is 1. The number of carbonyl (C=O) groups excluding carboxylic acids is 2. The number of carbonyl (C=O) groups is 2. The number of nitrogens with zero attached hydrogens (tertiary/aromatic N) is 1. The first-order chi connectivity index (χ1) is 12.2. The van der Waals surface area contributed by atoms with Crippen LogP contribution in [-0.2, 0) is 9.59 Å². The van der Waals surface area contributed by atoms with Crippen molar-refractivity contribution >= 4 is 17.5 Å². The summed E-state index contributed by atoms with van der Waals surface area (Å²) in [5.41, 5.74) is 0.794. The third-order valence-electron chi connectivity index (χ3n) is 5.61. The molecule has 2 amide bonds. The van der Waals surface area contributed by atoms with Crippen LogP contribution in [0, 0.1) is 11.8 Å². The Morgan fingerprint density at radius 2 is 1.64 bits per heavy atom. The third kappa shape index (κ3) is 5.55. The van der Waals surface area contributed by atoms with Crippen molar-refractivity contribution in [3.05, 3.63) is 24.5 Å². The zero-order chi connectivity index (χ0) is 17.5. The summed E-state index contributed by atoms with van der Waals surface area (Å²) in [7, 11) is 0. The average molecular weight is 343 g/mol. The molecule has 1 heterocycles. The summed E-state index contributed by atoms with van der Waals surface area (Å²) in [4.78, 5) is 28.5. The SMILES string of the molecule is O=C(CC1CCCCC1)NC1CCC(C(=O)Nc2ccncc2)CC1. The summed E-state index contributed by atoms with van der Waals surface area (Å²) in [6.07, 6.45) is 13.8. The molecule has 2 N–H and O–H groups in total. The van der Waals surface area contributed by atoms with Gasteiger partial charge >= 0.3 is 0 Å². The maximum atomic E-state index is 12.3. The molecule has 5 nitrogen and oxygen atoms in total. The molecule has 0 bridgehead atoms. The lowest BCUT2D eigenvalue weighted by Gasteiger charge is -2.29. The van der Waals surface area contributed by atoms with Crippen molar-refractivity contribution in [3.8, 4) is 0 Å². The van der Waals surface area contributed by atoms with E-state index < -0.39 is 0 Å². The van der Waals surface area contributed by atoms with E-state index in [4.69, 9.17) is 0 Å². The molecule has 0 unspecified atom stereocenters. The number of hydrogen-bond acceptors (Lipinski definition) is 3. The molecular weight excluding hydrogens is 314 g/mol. The molecule has 2 saturated carbocycles. The smallest absolute Gasteiger partial charge is 0.227 e. The number of anilines is 1. The first kappa shape index (κ1) is 17.9. The third-order valence-corrected chi connectivity index (χ3v) is 5.61. The van der Waals surface area contributed by atoms with Gasteiger partial charge in [0.1, 0.15) is 0 Å². The fraction of sp³-hybridized carbons (Fsp3) is 0.650.